The topological polar surface area (TPSA) is 70.7 Å². The van der Waals surface area contributed by atoms with E-state index >= 15 is 0 Å². The Kier molecular flexibility index (Phi) is 8.41. The van der Waals surface area contributed by atoms with Gasteiger partial charge in [-0.1, -0.05) is 26.2 Å². The summed E-state index contributed by atoms with van der Waals surface area (Å²) in [6, 6.07) is 7.19. The second-order valence-corrected chi connectivity index (χ2v) is 6.89. The highest BCUT2D eigenvalue weighted by atomic mass is 16.5. The van der Waals surface area contributed by atoms with Gasteiger partial charge in [0, 0.05) is 12.2 Å². The summed E-state index contributed by atoms with van der Waals surface area (Å²) in [5, 5.41) is 5.87. The molecule has 6 heteroatoms. The van der Waals surface area contributed by atoms with Crippen LogP contribution in [0.2, 0.25) is 0 Å². The summed E-state index contributed by atoms with van der Waals surface area (Å²) in [5.41, 5.74) is 0.716. The Hall–Kier alpha value is -2.08. The molecule has 0 atom stereocenters. The summed E-state index contributed by atoms with van der Waals surface area (Å²) < 4.78 is 5.10. The van der Waals surface area contributed by atoms with E-state index in [1.54, 1.807) is 31.4 Å². The van der Waals surface area contributed by atoms with Crippen LogP contribution in [0.3, 0.4) is 0 Å². The molecule has 26 heavy (non-hydrogen) atoms. The third-order valence-corrected chi connectivity index (χ3v) is 4.87. The Balaban J connectivity index is 1.72. The minimum Gasteiger partial charge on any atom is -0.497 e. The summed E-state index contributed by atoms with van der Waals surface area (Å²) >= 11 is 0. The standard InChI is InChI=1S/C20H31N3O3/c1-3-23(14-19(24)21-13-16-7-5-4-6-8-16)15-20(25)22-17-9-11-18(26-2)12-10-17/h9-12,16H,3-8,13-15H2,1-2H3,(H,21,24)(H,22,25). The number of nitrogens with zero attached hydrogens (tertiary/aromatic N) is 1. The van der Waals surface area contributed by atoms with Crippen LogP contribution >= 0.6 is 0 Å². The van der Waals surface area contributed by atoms with Gasteiger partial charge in [0.25, 0.3) is 0 Å². The van der Waals surface area contributed by atoms with Crippen molar-refractivity contribution in [2.24, 2.45) is 5.92 Å². The van der Waals surface area contributed by atoms with Crippen molar-refractivity contribution in [3.8, 4) is 5.75 Å². The first-order chi connectivity index (χ1) is 12.6. The molecule has 0 bridgehead atoms. The number of ether oxygens (including phenoxy) is 1. The Labute approximate surface area is 156 Å². The van der Waals surface area contributed by atoms with Crippen LogP contribution < -0.4 is 15.4 Å². The summed E-state index contributed by atoms with van der Waals surface area (Å²) in [6.07, 6.45) is 6.28. The van der Waals surface area contributed by atoms with Crippen LogP contribution in [-0.4, -0.2) is 50.0 Å². The Morgan fingerprint density at radius 3 is 2.35 bits per heavy atom. The highest BCUT2D eigenvalue weighted by Gasteiger charge is 2.16. The average molecular weight is 361 g/mol. The molecule has 2 N–H and O–H groups in total. The van der Waals surface area contributed by atoms with Crippen LogP contribution in [0.1, 0.15) is 39.0 Å². The minimum atomic E-state index is -0.128. The first kappa shape index (κ1) is 20.2. The molecule has 144 valence electrons. The van der Waals surface area contributed by atoms with Gasteiger partial charge in [0.05, 0.1) is 20.2 Å². The lowest BCUT2D eigenvalue weighted by molar-refractivity contribution is -0.123. The quantitative estimate of drug-likeness (QED) is 0.709. The number of hydrogen-bond donors (Lipinski definition) is 2. The van der Waals surface area contributed by atoms with Crippen molar-refractivity contribution in [3.05, 3.63) is 24.3 Å². The maximum atomic E-state index is 12.2. The van der Waals surface area contributed by atoms with Crippen molar-refractivity contribution >= 4 is 17.5 Å². The first-order valence-electron chi connectivity index (χ1n) is 9.53. The van der Waals surface area contributed by atoms with E-state index in [0.717, 1.165) is 12.3 Å². The van der Waals surface area contributed by atoms with E-state index in [2.05, 4.69) is 10.6 Å². The van der Waals surface area contributed by atoms with Gasteiger partial charge in [-0.25, -0.2) is 0 Å². The maximum absolute atomic E-state index is 12.2. The molecule has 1 fully saturated rings. The van der Waals surface area contributed by atoms with Gasteiger partial charge in [-0.15, -0.1) is 0 Å². The van der Waals surface area contributed by atoms with E-state index < -0.39 is 0 Å². The molecule has 1 aliphatic rings. The predicted octanol–water partition coefficient (Wildman–Crippen LogP) is 2.65. The normalized spacial score (nSPS) is 14.9. The van der Waals surface area contributed by atoms with Gasteiger partial charge in [-0.2, -0.15) is 0 Å². The number of nitrogens with one attached hydrogen (secondary N) is 2. The summed E-state index contributed by atoms with van der Waals surface area (Å²) in [4.78, 5) is 26.2. The van der Waals surface area contributed by atoms with Crippen LogP contribution in [0.4, 0.5) is 5.69 Å². The van der Waals surface area contributed by atoms with E-state index in [9.17, 15) is 9.59 Å². The second-order valence-electron chi connectivity index (χ2n) is 6.89. The van der Waals surface area contributed by atoms with Crippen molar-refractivity contribution in [3.63, 3.8) is 0 Å². The van der Waals surface area contributed by atoms with Gasteiger partial charge >= 0.3 is 0 Å². The fraction of sp³-hybridized carbons (Fsp3) is 0.600. The van der Waals surface area contributed by atoms with E-state index in [1.165, 1.54) is 32.1 Å². The van der Waals surface area contributed by atoms with Crippen molar-refractivity contribution in [1.82, 2.24) is 10.2 Å². The Morgan fingerprint density at radius 2 is 1.73 bits per heavy atom. The fourth-order valence-electron chi connectivity index (χ4n) is 3.27. The smallest absolute Gasteiger partial charge is 0.238 e. The summed E-state index contributed by atoms with van der Waals surface area (Å²) in [6.45, 7) is 3.80. The van der Waals surface area contributed by atoms with Crippen LogP contribution in [0.15, 0.2) is 24.3 Å². The van der Waals surface area contributed by atoms with E-state index in [1.807, 2.05) is 11.8 Å². The molecule has 2 amide bonds. The molecule has 2 rings (SSSR count). The van der Waals surface area contributed by atoms with Crippen LogP contribution in [0, 0.1) is 5.92 Å². The number of carbonyl (C=O) groups is 2. The SMILES string of the molecule is CCN(CC(=O)NCC1CCCCC1)CC(=O)Nc1ccc(OC)cc1. The molecular weight excluding hydrogens is 330 g/mol. The zero-order valence-electron chi connectivity index (χ0n) is 15.9. The average Bonchev–Trinajstić information content (AvgIpc) is 2.67. The number of amides is 2. The van der Waals surface area contributed by atoms with Gasteiger partial charge in [-0.3, -0.25) is 14.5 Å². The molecule has 0 heterocycles. The zero-order valence-corrected chi connectivity index (χ0v) is 15.9. The molecular formula is C20H31N3O3. The molecule has 0 aromatic heterocycles. The summed E-state index contributed by atoms with van der Waals surface area (Å²) in [7, 11) is 1.60. The molecule has 1 aromatic rings. The fourth-order valence-corrected chi connectivity index (χ4v) is 3.27. The lowest BCUT2D eigenvalue weighted by Gasteiger charge is -2.23. The van der Waals surface area contributed by atoms with Crippen molar-refractivity contribution in [1.29, 1.82) is 0 Å². The molecule has 1 saturated carbocycles. The number of carbonyl (C=O) groups excluding carboxylic acids is 2. The van der Waals surface area contributed by atoms with E-state index in [4.69, 9.17) is 4.74 Å². The van der Waals surface area contributed by atoms with Gasteiger partial charge in [0.15, 0.2) is 0 Å². The van der Waals surface area contributed by atoms with Gasteiger partial charge in [-0.05, 0) is 49.6 Å². The van der Waals surface area contributed by atoms with Gasteiger partial charge in [0.1, 0.15) is 5.75 Å². The van der Waals surface area contributed by atoms with Crippen LogP contribution in [0.5, 0.6) is 5.75 Å². The van der Waals surface area contributed by atoms with Crippen LogP contribution in [-0.2, 0) is 9.59 Å². The zero-order chi connectivity index (χ0) is 18.8. The maximum Gasteiger partial charge on any atom is 0.238 e. The van der Waals surface area contributed by atoms with Crippen molar-refractivity contribution in [2.45, 2.75) is 39.0 Å². The molecule has 0 spiro atoms. The highest BCUT2D eigenvalue weighted by Crippen LogP contribution is 2.22. The summed E-state index contributed by atoms with van der Waals surface area (Å²) in [5.74, 6) is 1.22. The third-order valence-electron chi connectivity index (χ3n) is 4.87. The first-order valence-corrected chi connectivity index (χ1v) is 9.53. The Bertz CT molecular complexity index is 568. The number of hydrogen-bond acceptors (Lipinski definition) is 4. The molecule has 1 aromatic carbocycles. The largest absolute Gasteiger partial charge is 0.497 e. The van der Waals surface area contributed by atoms with Crippen molar-refractivity contribution < 1.29 is 14.3 Å². The van der Waals surface area contributed by atoms with Crippen LogP contribution in [0.25, 0.3) is 0 Å². The number of benzene rings is 1. The molecule has 0 saturated heterocycles. The number of anilines is 1. The number of methoxy groups -OCH3 is 1. The lowest BCUT2D eigenvalue weighted by Crippen LogP contribution is -2.42. The monoisotopic (exact) mass is 361 g/mol. The highest BCUT2D eigenvalue weighted by molar-refractivity contribution is 5.92. The minimum absolute atomic E-state index is 0.00493. The van der Waals surface area contributed by atoms with Gasteiger partial charge in [0.2, 0.25) is 11.8 Å². The molecule has 0 aliphatic heterocycles. The lowest BCUT2D eigenvalue weighted by atomic mass is 9.89. The van der Waals surface area contributed by atoms with E-state index in [0.29, 0.717) is 18.2 Å². The molecule has 1 aliphatic carbocycles. The predicted molar refractivity (Wildman–Crippen MR) is 103 cm³/mol. The number of rotatable bonds is 9. The second kappa shape index (κ2) is 10.8. The number of likely N-dealkylation sites (N-methyl/N-ethyl adjacent to an activating group) is 1. The third kappa shape index (κ3) is 7.04. The molecule has 6 nitrogen and oxygen atoms in total. The Morgan fingerprint density at radius 1 is 1.08 bits per heavy atom. The van der Waals surface area contributed by atoms with E-state index in [-0.39, 0.29) is 24.9 Å². The van der Waals surface area contributed by atoms with Crippen molar-refractivity contribution in [2.75, 3.05) is 38.6 Å². The van der Waals surface area contributed by atoms with Gasteiger partial charge < -0.3 is 15.4 Å². The molecule has 0 unspecified atom stereocenters. The molecule has 0 radical (unpaired) electrons.